The zero-order valence-corrected chi connectivity index (χ0v) is 54.9. The highest BCUT2D eigenvalue weighted by molar-refractivity contribution is 5.69. The Morgan fingerprint density at radius 2 is 0.642 bits per heavy atom. The molecule has 1 aliphatic rings. The summed E-state index contributed by atoms with van der Waals surface area (Å²) in [5, 5.41) is 10.8. The maximum absolute atomic E-state index is 12.5. The number of esters is 1. The van der Waals surface area contributed by atoms with Crippen molar-refractivity contribution in [3.63, 3.8) is 0 Å². The molecule has 0 unspecified atom stereocenters. The van der Waals surface area contributed by atoms with Gasteiger partial charge in [-0.3, -0.25) is 4.79 Å². The minimum absolute atomic E-state index is 0.0905. The van der Waals surface area contributed by atoms with E-state index >= 15 is 0 Å². The van der Waals surface area contributed by atoms with E-state index in [-0.39, 0.29) is 5.97 Å². The molecular formula is C69H138N10O2. The third kappa shape index (κ3) is 48.6. The Bertz CT molecular complexity index is 1340. The fourth-order valence-corrected chi connectivity index (χ4v) is 11.6. The molecule has 0 amide bonds. The van der Waals surface area contributed by atoms with Gasteiger partial charge in [0.1, 0.15) is 0 Å². The number of carbonyl (C=O) groups excluding carboxylic acids is 1. The van der Waals surface area contributed by atoms with Crippen LogP contribution in [0.5, 0.6) is 0 Å². The second-order valence-corrected chi connectivity index (χ2v) is 25.0. The van der Waals surface area contributed by atoms with Gasteiger partial charge in [-0.2, -0.15) is 15.0 Å². The van der Waals surface area contributed by atoms with Crippen LogP contribution in [0, 0.1) is 0 Å². The number of unbranched alkanes of at least 4 members (excludes halogenated alkanes) is 37. The second kappa shape index (κ2) is 58.1. The van der Waals surface area contributed by atoms with Gasteiger partial charge in [-0.1, -0.05) is 259 Å². The first-order valence-electron chi connectivity index (χ1n) is 36.0. The lowest BCUT2D eigenvalue weighted by atomic mass is 10.1. The SMILES string of the molecule is CCCCCCCCCCCCN(CCCCCCCCCCCC)CCCNc1nc(NCCCCOC(=O)CCN2CCN(C)CC2)nc(NCCCN(CCCCCCCCCCCC)CCCCCCCCCCCC)n1. The van der Waals surface area contributed by atoms with Gasteiger partial charge in [0.15, 0.2) is 0 Å². The van der Waals surface area contributed by atoms with E-state index in [9.17, 15) is 4.79 Å². The Labute approximate surface area is 503 Å². The maximum Gasteiger partial charge on any atom is 0.307 e. The number of anilines is 3. The number of hydrogen-bond donors (Lipinski definition) is 3. The number of nitrogens with zero attached hydrogens (tertiary/aromatic N) is 7. The Kier molecular flexibility index (Phi) is 53.7. The van der Waals surface area contributed by atoms with Crippen LogP contribution in [-0.4, -0.2) is 146 Å². The molecule has 2 heterocycles. The molecule has 12 nitrogen and oxygen atoms in total. The molecule has 12 heteroatoms. The van der Waals surface area contributed by atoms with E-state index in [2.05, 4.69) is 70.3 Å². The average molecular weight is 1140 g/mol. The average Bonchev–Trinajstić information content (AvgIpc) is 3.48. The zero-order chi connectivity index (χ0) is 58.0. The molecule has 476 valence electrons. The molecule has 1 aromatic rings. The minimum Gasteiger partial charge on any atom is -0.466 e. The molecule has 0 radical (unpaired) electrons. The molecular weight excluding hydrogens is 1000 g/mol. The van der Waals surface area contributed by atoms with Gasteiger partial charge in [0.25, 0.3) is 0 Å². The van der Waals surface area contributed by atoms with E-state index in [4.69, 9.17) is 19.7 Å². The van der Waals surface area contributed by atoms with Crippen molar-refractivity contribution < 1.29 is 9.53 Å². The number of piperazine rings is 1. The molecule has 3 N–H and O–H groups in total. The molecule has 81 heavy (non-hydrogen) atoms. The van der Waals surface area contributed by atoms with Crippen LogP contribution in [0.2, 0.25) is 0 Å². The van der Waals surface area contributed by atoms with E-state index in [1.165, 1.54) is 283 Å². The Morgan fingerprint density at radius 3 is 0.951 bits per heavy atom. The lowest BCUT2D eigenvalue weighted by Gasteiger charge is -2.31. The third-order valence-corrected chi connectivity index (χ3v) is 17.2. The van der Waals surface area contributed by atoms with Crippen LogP contribution in [0.4, 0.5) is 17.8 Å². The van der Waals surface area contributed by atoms with Crippen molar-refractivity contribution in [1.29, 1.82) is 0 Å². The Balaban J connectivity index is 1.98. The monoisotopic (exact) mass is 1140 g/mol. The summed E-state index contributed by atoms with van der Waals surface area (Å²) in [6.45, 7) is 24.1. The topological polar surface area (TPSA) is 114 Å². The molecule has 1 fully saturated rings. The number of ether oxygens (including phenoxy) is 1. The van der Waals surface area contributed by atoms with Crippen molar-refractivity contribution in [1.82, 2.24) is 34.6 Å². The Morgan fingerprint density at radius 1 is 0.370 bits per heavy atom. The first kappa shape index (κ1) is 74.8. The van der Waals surface area contributed by atoms with E-state index < -0.39 is 0 Å². The summed E-state index contributed by atoms with van der Waals surface area (Å²) < 4.78 is 5.64. The van der Waals surface area contributed by atoms with Gasteiger partial charge in [0.05, 0.1) is 13.0 Å². The summed E-state index contributed by atoms with van der Waals surface area (Å²) in [4.78, 5) is 37.5. The number of carbonyl (C=O) groups is 1. The van der Waals surface area contributed by atoms with E-state index in [0.29, 0.717) is 37.4 Å². The molecule has 0 bridgehead atoms. The van der Waals surface area contributed by atoms with Gasteiger partial charge in [-0.05, 0) is 97.7 Å². The molecule has 0 atom stereocenters. The Hall–Kier alpha value is -2.28. The predicted octanol–water partition coefficient (Wildman–Crippen LogP) is 18.1. The van der Waals surface area contributed by atoms with Gasteiger partial charge in [-0.15, -0.1) is 0 Å². The van der Waals surface area contributed by atoms with Gasteiger partial charge in [-0.25, -0.2) is 0 Å². The van der Waals surface area contributed by atoms with Crippen molar-refractivity contribution in [3.8, 4) is 0 Å². The maximum atomic E-state index is 12.5. The highest BCUT2D eigenvalue weighted by atomic mass is 16.5. The number of rotatable bonds is 63. The lowest BCUT2D eigenvalue weighted by molar-refractivity contribution is -0.144. The summed E-state index contributed by atoms with van der Waals surface area (Å²) in [7, 11) is 2.16. The minimum atomic E-state index is -0.0905. The predicted molar refractivity (Wildman–Crippen MR) is 354 cm³/mol. The van der Waals surface area contributed by atoms with Crippen LogP contribution in [-0.2, 0) is 9.53 Å². The van der Waals surface area contributed by atoms with Gasteiger partial charge >= 0.3 is 5.97 Å². The first-order valence-corrected chi connectivity index (χ1v) is 36.0. The van der Waals surface area contributed by atoms with Crippen LogP contribution in [0.1, 0.15) is 317 Å². The number of likely N-dealkylation sites (N-methyl/N-ethyl adjacent to an activating group) is 1. The standard InChI is InChI=1S/C69H138N10O2/c1-6-10-14-18-22-26-30-34-38-43-54-77(55-44-39-35-31-27-23-19-15-11-7-2)58-48-52-71-68-73-67(70-51-42-47-65-81-66(80)50-60-79-63-61-76(5)62-64-79)74-69(75-68)72-53-49-59-78(56-45-40-36-32-28-24-20-16-12-8-3)57-46-41-37-33-29-25-21-17-13-9-4/h6-65H2,1-5H3,(H3,70,71,72,73,74,75). The third-order valence-electron chi connectivity index (χ3n) is 17.2. The van der Waals surface area contributed by atoms with Crippen LogP contribution < -0.4 is 16.0 Å². The van der Waals surface area contributed by atoms with Crippen LogP contribution in [0.3, 0.4) is 0 Å². The van der Waals surface area contributed by atoms with Gasteiger partial charge in [0, 0.05) is 52.4 Å². The van der Waals surface area contributed by atoms with Crippen LogP contribution in [0.25, 0.3) is 0 Å². The molecule has 1 aromatic heterocycles. The quantitative estimate of drug-likeness (QED) is 0.0426. The molecule has 0 spiro atoms. The number of nitrogens with one attached hydrogen (secondary N) is 3. The van der Waals surface area contributed by atoms with Crippen molar-refractivity contribution in [2.75, 3.05) is 121 Å². The largest absolute Gasteiger partial charge is 0.466 e. The fraction of sp³-hybridized carbons (Fsp3) is 0.942. The zero-order valence-electron chi connectivity index (χ0n) is 54.9. The molecule has 0 aromatic carbocycles. The van der Waals surface area contributed by atoms with Crippen molar-refractivity contribution >= 4 is 23.8 Å². The normalized spacial score (nSPS) is 13.3. The number of hydrogen-bond acceptors (Lipinski definition) is 12. The molecule has 1 saturated heterocycles. The summed E-state index contributed by atoms with van der Waals surface area (Å²) >= 11 is 0. The summed E-state index contributed by atoms with van der Waals surface area (Å²) in [5.41, 5.74) is 0. The van der Waals surface area contributed by atoms with Gasteiger partial charge in [0.2, 0.25) is 17.8 Å². The number of aromatic nitrogens is 3. The molecule has 1 aliphatic heterocycles. The summed E-state index contributed by atoms with van der Waals surface area (Å²) in [6.07, 6.45) is 59.7. The van der Waals surface area contributed by atoms with E-state index in [0.717, 1.165) is 84.6 Å². The highest BCUT2D eigenvalue weighted by Gasteiger charge is 2.16. The van der Waals surface area contributed by atoms with Crippen LogP contribution >= 0.6 is 0 Å². The fourth-order valence-electron chi connectivity index (χ4n) is 11.6. The van der Waals surface area contributed by atoms with Crippen molar-refractivity contribution in [3.05, 3.63) is 0 Å². The first-order chi connectivity index (χ1) is 40.0. The second-order valence-electron chi connectivity index (χ2n) is 25.0. The van der Waals surface area contributed by atoms with E-state index in [1.54, 1.807) is 0 Å². The lowest BCUT2D eigenvalue weighted by Crippen LogP contribution is -2.45. The van der Waals surface area contributed by atoms with Crippen molar-refractivity contribution in [2.24, 2.45) is 0 Å². The van der Waals surface area contributed by atoms with Crippen LogP contribution in [0.15, 0.2) is 0 Å². The van der Waals surface area contributed by atoms with Crippen molar-refractivity contribution in [2.45, 2.75) is 317 Å². The summed E-state index contributed by atoms with van der Waals surface area (Å²) in [6, 6.07) is 0. The smallest absolute Gasteiger partial charge is 0.307 e. The molecule has 0 saturated carbocycles. The molecule has 0 aliphatic carbocycles. The van der Waals surface area contributed by atoms with Gasteiger partial charge < -0.3 is 40.3 Å². The summed E-state index contributed by atoms with van der Waals surface area (Å²) in [5.74, 6) is 1.80. The highest BCUT2D eigenvalue weighted by Crippen LogP contribution is 2.17. The molecule has 2 rings (SSSR count). The van der Waals surface area contributed by atoms with E-state index in [1.807, 2.05) is 0 Å².